The number of nitrogens with one attached hydrogen (secondary N) is 2. The number of amides is 1. The molecule has 150 valence electrons. The van der Waals surface area contributed by atoms with Crippen LogP contribution in [-0.2, 0) is 13.0 Å². The van der Waals surface area contributed by atoms with Crippen LogP contribution in [0.2, 0.25) is 0 Å². The summed E-state index contributed by atoms with van der Waals surface area (Å²) >= 11 is 0. The molecule has 5 rings (SSSR count). The second-order valence-corrected chi connectivity index (χ2v) is 8.14. The largest absolute Gasteiger partial charge is 0.354 e. The van der Waals surface area contributed by atoms with Gasteiger partial charge in [-0.3, -0.25) is 9.69 Å². The Morgan fingerprint density at radius 2 is 1.83 bits per heavy atom. The first kappa shape index (κ1) is 18.3. The predicted octanol–water partition coefficient (Wildman–Crippen LogP) is 3.01. The summed E-state index contributed by atoms with van der Waals surface area (Å²) in [6, 6.07) is 11.4. The summed E-state index contributed by atoms with van der Waals surface area (Å²) in [5.41, 5.74) is 5.53. The van der Waals surface area contributed by atoms with E-state index in [4.69, 9.17) is 0 Å². The van der Waals surface area contributed by atoms with Gasteiger partial charge in [-0.05, 0) is 42.3 Å². The van der Waals surface area contributed by atoms with Crippen LogP contribution in [0.3, 0.4) is 0 Å². The number of likely N-dealkylation sites (N-methyl/N-ethyl adjacent to an activating group) is 1. The SMILES string of the molecule is CN1CCN(Cc2ccc(-c3[nH]c4cc(F)cc5c4c3CCNC5=O)cc2)CC1. The number of hydrogen-bond acceptors (Lipinski definition) is 3. The molecule has 1 aromatic heterocycles. The van der Waals surface area contributed by atoms with Crippen LogP contribution >= 0.6 is 0 Å². The monoisotopic (exact) mass is 392 g/mol. The van der Waals surface area contributed by atoms with Gasteiger partial charge in [0, 0.05) is 55.9 Å². The van der Waals surface area contributed by atoms with E-state index in [0.29, 0.717) is 17.6 Å². The molecule has 5 nitrogen and oxygen atoms in total. The van der Waals surface area contributed by atoms with Gasteiger partial charge in [-0.25, -0.2) is 4.39 Å². The predicted molar refractivity (Wildman–Crippen MR) is 113 cm³/mol. The maximum atomic E-state index is 14.0. The summed E-state index contributed by atoms with van der Waals surface area (Å²) in [5, 5.41) is 3.72. The van der Waals surface area contributed by atoms with Gasteiger partial charge in [0.05, 0.1) is 5.56 Å². The molecule has 0 atom stereocenters. The number of carbonyl (C=O) groups is 1. The average molecular weight is 392 g/mol. The topological polar surface area (TPSA) is 51.4 Å². The van der Waals surface area contributed by atoms with E-state index in [1.165, 1.54) is 17.7 Å². The van der Waals surface area contributed by atoms with Crippen molar-refractivity contribution in [2.75, 3.05) is 39.8 Å². The highest BCUT2D eigenvalue weighted by Gasteiger charge is 2.23. The number of benzene rings is 2. The van der Waals surface area contributed by atoms with Gasteiger partial charge >= 0.3 is 0 Å². The minimum absolute atomic E-state index is 0.207. The van der Waals surface area contributed by atoms with Crippen molar-refractivity contribution in [2.24, 2.45) is 0 Å². The number of halogens is 1. The standard InChI is InChI=1S/C23H25FN4O/c1-27-8-10-28(11-9-27)14-15-2-4-16(5-3-15)22-18-6-7-25-23(29)19-12-17(24)13-20(26-22)21(18)19/h2-5,12-13,26H,6-11,14H2,1H3,(H,25,29). The molecule has 3 aromatic rings. The highest BCUT2D eigenvalue weighted by molar-refractivity contribution is 6.10. The third kappa shape index (κ3) is 3.43. The van der Waals surface area contributed by atoms with E-state index in [1.54, 1.807) is 0 Å². The van der Waals surface area contributed by atoms with Crippen LogP contribution in [-0.4, -0.2) is 60.5 Å². The van der Waals surface area contributed by atoms with Crippen molar-refractivity contribution in [1.29, 1.82) is 0 Å². The summed E-state index contributed by atoms with van der Waals surface area (Å²) < 4.78 is 14.0. The Hall–Kier alpha value is -2.70. The molecule has 0 saturated carbocycles. The van der Waals surface area contributed by atoms with Gasteiger partial charge in [-0.1, -0.05) is 24.3 Å². The van der Waals surface area contributed by atoms with Gasteiger partial charge < -0.3 is 15.2 Å². The molecule has 2 aliphatic heterocycles. The number of piperazine rings is 1. The number of aromatic amines is 1. The molecule has 1 amide bonds. The lowest BCUT2D eigenvalue weighted by Gasteiger charge is -2.32. The van der Waals surface area contributed by atoms with Crippen LogP contribution in [0.1, 0.15) is 21.5 Å². The van der Waals surface area contributed by atoms with E-state index in [-0.39, 0.29) is 5.91 Å². The molecule has 0 unspecified atom stereocenters. The number of hydrogen-bond donors (Lipinski definition) is 2. The molecule has 0 aliphatic carbocycles. The third-order valence-electron chi connectivity index (χ3n) is 6.12. The van der Waals surface area contributed by atoms with Crippen LogP contribution in [0.5, 0.6) is 0 Å². The molecule has 1 fully saturated rings. The highest BCUT2D eigenvalue weighted by atomic mass is 19.1. The van der Waals surface area contributed by atoms with Gasteiger partial charge in [0.15, 0.2) is 0 Å². The molecule has 0 bridgehead atoms. The van der Waals surface area contributed by atoms with Crippen molar-refractivity contribution in [2.45, 2.75) is 13.0 Å². The first-order chi connectivity index (χ1) is 14.1. The second kappa shape index (κ2) is 7.28. The fraction of sp³-hybridized carbons (Fsp3) is 0.348. The lowest BCUT2D eigenvalue weighted by Crippen LogP contribution is -2.43. The number of rotatable bonds is 3. The molecule has 29 heavy (non-hydrogen) atoms. The van der Waals surface area contributed by atoms with E-state index < -0.39 is 5.82 Å². The van der Waals surface area contributed by atoms with Gasteiger partial charge in [-0.2, -0.15) is 0 Å². The fourth-order valence-electron chi connectivity index (χ4n) is 4.48. The van der Waals surface area contributed by atoms with Crippen LogP contribution in [0.25, 0.3) is 22.2 Å². The van der Waals surface area contributed by atoms with E-state index in [0.717, 1.165) is 61.4 Å². The maximum Gasteiger partial charge on any atom is 0.252 e. The quantitative estimate of drug-likeness (QED) is 0.721. The first-order valence-corrected chi connectivity index (χ1v) is 10.2. The van der Waals surface area contributed by atoms with Crippen LogP contribution < -0.4 is 5.32 Å². The van der Waals surface area contributed by atoms with Crippen molar-refractivity contribution in [1.82, 2.24) is 20.1 Å². The number of aromatic nitrogens is 1. The van der Waals surface area contributed by atoms with Gasteiger partial charge in [0.25, 0.3) is 5.91 Å². The zero-order chi connectivity index (χ0) is 20.0. The normalized spacial score (nSPS) is 18.1. The zero-order valence-corrected chi connectivity index (χ0v) is 16.6. The molecule has 2 N–H and O–H groups in total. The Balaban J connectivity index is 1.47. The average Bonchev–Trinajstić information content (AvgIpc) is 2.98. The highest BCUT2D eigenvalue weighted by Crippen LogP contribution is 2.34. The maximum absolute atomic E-state index is 14.0. The van der Waals surface area contributed by atoms with Crippen molar-refractivity contribution in [3.05, 3.63) is 58.9 Å². The fourth-order valence-corrected chi connectivity index (χ4v) is 4.48. The number of H-pyrrole nitrogens is 1. The Morgan fingerprint density at radius 3 is 2.59 bits per heavy atom. The molecular formula is C23H25FN4O. The van der Waals surface area contributed by atoms with Gasteiger partial charge in [-0.15, -0.1) is 0 Å². The molecular weight excluding hydrogens is 367 g/mol. The molecule has 2 aliphatic rings. The van der Waals surface area contributed by atoms with E-state index in [9.17, 15) is 9.18 Å². The zero-order valence-electron chi connectivity index (χ0n) is 16.6. The van der Waals surface area contributed by atoms with Crippen molar-refractivity contribution in [3.63, 3.8) is 0 Å². The molecule has 2 aromatic carbocycles. The molecule has 3 heterocycles. The molecule has 6 heteroatoms. The second-order valence-electron chi connectivity index (χ2n) is 8.14. The van der Waals surface area contributed by atoms with E-state index >= 15 is 0 Å². The summed E-state index contributed by atoms with van der Waals surface area (Å²) in [4.78, 5) is 20.6. The van der Waals surface area contributed by atoms with E-state index in [1.807, 2.05) is 0 Å². The number of nitrogens with zero attached hydrogens (tertiary/aromatic N) is 2. The molecule has 0 spiro atoms. The van der Waals surface area contributed by atoms with Crippen LogP contribution in [0.4, 0.5) is 4.39 Å². The Morgan fingerprint density at radius 1 is 1.07 bits per heavy atom. The van der Waals surface area contributed by atoms with Crippen molar-refractivity contribution >= 4 is 16.8 Å². The van der Waals surface area contributed by atoms with E-state index in [2.05, 4.69) is 51.4 Å². The minimum Gasteiger partial charge on any atom is -0.354 e. The van der Waals surface area contributed by atoms with Crippen molar-refractivity contribution in [3.8, 4) is 11.3 Å². The first-order valence-electron chi connectivity index (χ1n) is 10.2. The summed E-state index contributed by atoms with van der Waals surface area (Å²) in [7, 11) is 2.17. The Labute approximate surface area is 169 Å². The van der Waals surface area contributed by atoms with Gasteiger partial charge in [0.2, 0.25) is 0 Å². The van der Waals surface area contributed by atoms with Crippen LogP contribution in [0, 0.1) is 5.82 Å². The van der Waals surface area contributed by atoms with Gasteiger partial charge in [0.1, 0.15) is 5.82 Å². The summed E-state index contributed by atoms with van der Waals surface area (Å²) in [5.74, 6) is -0.604. The lowest BCUT2D eigenvalue weighted by atomic mass is 9.99. The minimum atomic E-state index is -0.397. The summed E-state index contributed by atoms with van der Waals surface area (Å²) in [6.45, 7) is 5.93. The Kier molecular flexibility index (Phi) is 4.60. The molecule has 0 radical (unpaired) electrons. The van der Waals surface area contributed by atoms with Crippen molar-refractivity contribution < 1.29 is 9.18 Å². The molecule has 1 saturated heterocycles. The third-order valence-corrected chi connectivity index (χ3v) is 6.12. The van der Waals surface area contributed by atoms with Crippen LogP contribution in [0.15, 0.2) is 36.4 Å². The smallest absolute Gasteiger partial charge is 0.252 e. The number of carbonyl (C=O) groups excluding carboxylic acids is 1. The lowest BCUT2D eigenvalue weighted by molar-refractivity contribution is 0.0957. The summed E-state index contributed by atoms with van der Waals surface area (Å²) in [6.07, 6.45) is 0.725. The Bertz CT molecular complexity index is 1060.